The van der Waals surface area contributed by atoms with Crippen molar-refractivity contribution in [2.45, 2.75) is 46.2 Å². The highest BCUT2D eigenvalue weighted by Crippen LogP contribution is 2.22. The van der Waals surface area contributed by atoms with Crippen LogP contribution >= 0.6 is 0 Å². The molecule has 1 atom stereocenters. The van der Waals surface area contributed by atoms with E-state index in [-0.39, 0.29) is 17.9 Å². The Morgan fingerprint density at radius 3 is 2.46 bits per heavy atom. The van der Waals surface area contributed by atoms with Gasteiger partial charge in [0.15, 0.2) is 0 Å². The lowest BCUT2D eigenvalue weighted by molar-refractivity contribution is -0.125. The summed E-state index contributed by atoms with van der Waals surface area (Å²) >= 11 is 0. The number of hydrogen-bond donors (Lipinski definition) is 1. The molecule has 0 saturated heterocycles. The van der Waals surface area contributed by atoms with Gasteiger partial charge in [-0.25, -0.2) is 4.98 Å². The molecule has 0 aliphatic rings. The zero-order valence-electron chi connectivity index (χ0n) is 16.9. The molecular formula is C23H29N3O2. The Balaban J connectivity index is 1.79. The normalized spacial score (nSPS) is 12.3. The van der Waals surface area contributed by atoms with Crippen LogP contribution in [0.1, 0.15) is 45.5 Å². The van der Waals surface area contributed by atoms with Crippen molar-refractivity contribution in [3.63, 3.8) is 0 Å². The second-order valence-corrected chi connectivity index (χ2v) is 7.02. The second-order valence-electron chi connectivity index (χ2n) is 7.02. The summed E-state index contributed by atoms with van der Waals surface area (Å²) in [5.41, 5.74) is 1.98. The van der Waals surface area contributed by atoms with Gasteiger partial charge in [0.1, 0.15) is 18.2 Å². The van der Waals surface area contributed by atoms with Gasteiger partial charge in [-0.05, 0) is 44.0 Å². The average Bonchev–Trinajstić information content (AvgIpc) is 3.09. The van der Waals surface area contributed by atoms with Crippen molar-refractivity contribution in [3.8, 4) is 5.75 Å². The Bertz CT molecular complexity index is 901. The quantitative estimate of drug-likeness (QED) is 0.585. The van der Waals surface area contributed by atoms with Crippen molar-refractivity contribution in [2.24, 2.45) is 5.92 Å². The van der Waals surface area contributed by atoms with Gasteiger partial charge in [0.05, 0.1) is 23.6 Å². The third-order valence-electron chi connectivity index (χ3n) is 5.11. The van der Waals surface area contributed by atoms with Crippen LogP contribution in [0.15, 0.2) is 54.6 Å². The van der Waals surface area contributed by atoms with Gasteiger partial charge in [-0.15, -0.1) is 0 Å². The Morgan fingerprint density at radius 2 is 1.75 bits per heavy atom. The van der Waals surface area contributed by atoms with Crippen LogP contribution in [0.4, 0.5) is 0 Å². The highest BCUT2D eigenvalue weighted by molar-refractivity contribution is 5.79. The van der Waals surface area contributed by atoms with E-state index in [0.717, 1.165) is 35.4 Å². The Kier molecular flexibility index (Phi) is 6.69. The lowest BCUT2D eigenvalue weighted by Crippen LogP contribution is -2.33. The van der Waals surface area contributed by atoms with Crippen LogP contribution in [-0.4, -0.2) is 22.1 Å². The number of hydrogen-bond acceptors (Lipinski definition) is 3. The van der Waals surface area contributed by atoms with E-state index in [1.54, 1.807) is 0 Å². The van der Waals surface area contributed by atoms with E-state index in [1.807, 2.05) is 55.5 Å². The van der Waals surface area contributed by atoms with Gasteiger partial charge >= 0.3 is 0 Å². The molecule has 1 aromatic heterocycles. The summed E-state index contributed by atoms with van der Waals surface area (Å²) in [6.07, 6.45) is 1.69. The molecule has 5 nitrogen and oxygen atoms in total. The molecule has 0 aliphatic carbocycles. The fraction of sp³-hybridized carbons (Fsp3) is 0.391. The van der Waals surface area contributed by atoms with Crippen LogP contribution in [-0.2, 0) is 11.3 Å². The molecule has 1 amide bonds. The molecule has 0 radical (unpaired) electrons. The number of ether oxygens (including phenoxy) is 1. The number of rotatable bonds is 9. The van der Waals surface area contributed by atoms with E-state index in [9.17, 15) is 4.79 Å². The molecule has 1 N–H and O–H groups in total. The maximum Gasteiger partial charge on any atom is 0.223 e. The number of nitrogens with one attached hydrogen (secondary N) is 1. The van der Waals surface area contributed by atoms with Gasteiger partial charge in [0.25, 0.3) is 0 Å². The van der Waals surface area contributed by atoms with E-state index in [1.165, 1.54) is 0 Å². The molecule has 28 heavy (non-hydrogen) atoms. The third kappa shape index (κ3) is 4.53. The highest BCUT2D eigenvalue weighted by atomic mass is 16.5. The number of fused-ring (bicyclic) bond motifs is 1. The molecule has 3 aromatic rings. The summed E-state index contributed by atoms with van der Waals surface area (Å²) in [7, 11) is 0. The number of carbonyl (C=O) groups is 1. The molecule has 148 valence electrons. The monoisotopic (exact) mass is 379 g/mol. The Hall–Kier alpha value is -2.82. The van der Waals surface area contributed by atoms with E-state index in [2.05, 4.69) is 29.8 Å². The van der Waals surface area contributed by atoms with Crippen LogP contribution in [0.5, 0.6) is 5.75 Å². The fourth-order valence-electron chi connectivity index (χ4n) is 3.49. The molecule has 0 spiro atoms. The van der Waals surface area contributed by atoms with Gasteiger partial charge in [-0.3, -0.25) is 4.79 Å². The van der Waals surface area contributed by atoms with Crippen molar-refractivity contribution in [3.05, 3.63) is 60.4 Å². The average molecular weight is 380 g/mol. The highest BCUT2D eigenvalue weighted by Gasteiger charge is 2.21. The van der Waals surface area contributed by atoms with Gasteiger partial charge in [-0.2, -0.15) is 0 Å². The molecule has 5 heteroatoms. The van der Waals surface area contributed by atoms with Crippen molar-refractivity contribution in [1.82, 2.24) is 14.9 Å². The number of benzene rings is 2. The second kappa shape index (κ2) is 9.40. The summed E-state index contributed by atoms with van der Waals surface area (Å²) in [5.74, 6) is 1.85. The molecular weight excluding hydrogens is 350 g/mol. The van der Waals surface area contributed by atoms with Crippen LogP contribution < -0.4 is 10.1 Å². The number of carbonyl (C=O) groups excluding carboxylic acids is 1. The van der Waals surface area contributed by atoms with Crippen LogP contribution in [0, 0.1) is 5.92 Å². The summed E-state index contributed by atoms with van der Waals surface area (Å²) in [4.78, 5) is 17.3. The Labute approximate surface area is 166 Å². The SMILES string of the molecule is CCC(CC)C(=O)NC(C)c1nc2ccccc2n1CCOc1ccccc1. The maximum absolute atomic E-state index is 12.5. The maximum atomic E-state index is 12.5. The minimum Gasteiger partial charge on any atom is -0.492 e. The lowest BCUT2D eigenvalue weighted by atomic mass is 10.0. The summed E-state index contributed by atoms with van der Waals surface area (Å²) in [6.45, 7) is 7.29. The number of amides is 1. The topological polar surface area (TPSA) is 56.2 Å². The van der Waals surface area contributed by atoms with Crippen molar-refractivity contribution in [2.75, 3.05) is 6.61 Å². The van der Waals surface area contributed by atoms with Crippen molar-refractivity contribution >= 4 is 16.9 Å². The van der Waals surface area contributed by atoms with E-state index in [0.29, 0.717) is 13.2 Å². The van der Waals surface area contributed by atoms with Crippen LogP contribution in [0.2, 0.25) is 0 Å². The summed E-state index contributed by atoms with van der Waals surface area (Å²) in [5, 5.41) is 3.14. The number of imidazole rings is 1. The largest absolute Gasteiger partial charge is 0.492 e. The van der Waals surface area contributed by atoms with Crippen LogP contribution in [0.3, 0.4) is 0 Å². The van der Waals surface area contributed by atoms with Crippen molar-refractivity contribution in [1.29, 1.82) is 0 Å². The van der Waals surface area contributed by atoms with Crippen LogP contribution in [0.25, 0.3) is 11.0 Å². The fourth-order valence-corrected chi connectivity index (χ4v) is 3.49. The first kappa shape index (κ1) is 19.9. The summed E-state index contributed by atoms with van der Waals surface area (Å²) < 4.78 is 8.03. The predicted molar refractivity (Wildman–Crippen MR) is 112 cm³/mol. The van der Waals surface area contributed by atoms with Gasteiger partial charge < -0.3 is 14.6 Å². The van der Waals surface area contributed by atoms with Gasteiger partial charge in [0.2, 0.25) is 5.91 Å². The van der Waals surface area contributed by atoms with E-state index >= 15 is 0 Å². The molecule has 3 rings (SSSR count). The smallest absolute Gasteiger partial charge is 0.223 e. The molecule has 2 aromatic carbocycles. The first-order chi connectivity index (χ1) is 13.6. The minimum atomic E-state index is -0.169. The molecule has 0 fully saturated rings. The lowest BCUT2D eigenvalue weighted by Gasteiger charge is -2.19. The van der Waals surface area contributed by atoms with Gasteiger partial charge in [0, 0.05) is 5.92 Å². The molecule has 0 saturated carbocycles. The molecule has 0 bridgehead atoms. The standard InChI is InChI=1S/C23H29N3O2/c1-4-18(5-2)23(27)24-17(3)22-25-20-13-9-10-14-21(20)26(22)15-16-28-19-11-7-6-8-12-19/h6-14,17-18H,4-5,15-16H2,1-3H3,(H,24,27). The Morgan fingerprint density at radius 1 is 1.07 bits per heavy atom. The molecule has 1 unspecified atom stereocenters. The zero-order chi connectivity index (χ0) is 19.9. The molecule has 1 heterocycles. The third-order valence-corrected chi connectivity index (χ3v) is 5.11. The minimum absolute atomic E-state index is 0.0432. The first-order valence-corrected chi connectivity index (χ1v) is 10.1. The predicted octanol–water partition coefficient (Wildman–Crippen LogP) is 4.73. The number of aromatic nitrogens is 2. The molecule has 0 aliphatic heterocycles. The van der Waals surface area contributed by atoms with E-state index < -0.39 is 0 Å². The summed E-state index contributed by atoms with van der Waals surface area (Å²) in [6, 6.07) is 17.7. The number of para-hydroxylation sites is 3. The zero-order valence-corrected chi connectivity index (χ0v) is 16.9. The first-order valence-electron chi connectivity index (χ1n) is 10.1. The van der Waals surface area contributed by atoms with Crippen molar-refractivity contribution < 1.29 is 9.53 Å². The number of nitrogens with zero attached hydrogens (tertiary/aromatic N) is 2. The van der Waals surface area contributed by atoms with E-state index in [4.69, 9.17) is 9.72 Å². The van der Waals surface area contributed by atoms with Gasteiger partial charge in [-0.1, -0.05) is 44.2 Å².